The van der Waals surface area contributed by atoms with Crippen LogP contribution in [-0.2, 0) is 10.0 Å². The topological polar surface area (TPSA) is 62.3 Å². The molecule has 0 spiro atoms. The molecule has 0 unspecified atom stereocenters. The maximum Gasteiger partial charge on any atom is 0.261 e. The van der Waals surface area contributed by atoms with Crippen molar-refractivity contribution in [1.29, 1.82) is 0 Å². The Kier molecular flexibility index (Phi) is 4.15. The first-order valence-corrected chi connectivity index (χ1v) is 7.66. The van der Waals surface area contributed by atoms with E-state index in [-0.39, 0.29) is 4.90 Å². The third-order valence-corrected chi connectivity index (χ3v) is 4.18. The molecule has 2 rings (SSSR count). The molecule has 1 heterocycles. The first-order chi connectivity index (χ1) is 9.38. The molecule has 7 heteroatoms. The molecule has 2 aromatic rings. The average Bonchev–Trinajstić information content (AvgIpc) is 2.38. The van der Waals surface area contributed by atoms with Crippen LogP contribution >= 0.6 is 11.6 Å². The molecule has 0 saturated heterocycles. The van der Waals surface area contributed by atoms with Crippen molar-refractivity contribution in [3.05, 3.63) is 47.6 Å². The number of benzene rings is 1. The number of hydrogen-bond donors (Lipinski definition) is 1. The summed E-state index contributed by atoms with van der Waals surface area (Å²) in [5, 5.41) is 0.372. The highest BCUT2D eigenvalue weighted by atomic mass is 35.5. The highest BCUT2D eigenvalue weighted by molar-refractivity contribution is 7.92. The van der Waals surface area contributed by atoms with Crippen molar-refractivity contribution in [3.8, 4) is 0 Å². The van der Waals surface area contributed by atoms with E-state index in [2.05, 4.69) is 9.71 Å². The molecule has 0 aliphatic rings. The lowest BCUT2D eigenvalue weighted by Gasteiger charge is -2.13. The molecule has 106 valence electrons. The van der Waals surface area contributed by atoms with Crippen LogP contribution in [0.5, 0.6) is 0 Å². The van der Waals surface area contributed by atoms with Crippen molar-refractivity contribution < 1.29 is 8.42 Å². The normalized spacial score (nSPS) is 11.2. The van der Waals surface area contributed by atoms with E-state index in [4.69, 9.17) is 11.6 Å². The molecule has 0 aliphatic carbocycles. The summed E-state index contributed by atoms with van der Waals surface area (Å²) >= 11 is 5.81. The fraction of sp³-hybridized carbons (Fsp3) is 0.154. The molecule has 0 saturated carbocycles. The van der Waals surface area contributed by atoms with E-state index in [0.717, 1.165) is 0 Å². The number of rotatable bonds is 4. The second-order valence-corrected chi connectivity index (χ2v) is 6.48. The molecule has 5 nitrogen and oxygen atoms in total. The Labute approximate surface area is 123 Å². The minimum atomic E-state index is -3.66. The van der Waals surface area contributed by atoms with Gasteiger partial charge in [0.05, 0.1) is 10.6 Å². The molecular formula is C13H14ClN3O2S. The van der Waals surface area contributed by atoms with Gasteiger partial charge in [-0.15, -0.1) is 0 Å². The van der Waals surface area contributed by atoms with Gasteiger partial charge < -0.3 is 4.90 Å². The maximum atomic E-state index is 12.2. The quantitative estimate of drug-likeness (QED) is 0.942. The van der Waals surface area contributed by atoms with Gasteiger partial charge in [-0.05, 0) is 24.3 Å². The number of pyridine rings is 1. The first kappa shape index (κ1) is 14.6. The minimum absolute atomic E-state index is 0.119. The second kappa shape index (κ2) is 5.68. The van der Waals surface area contributed by atoms with Gasteiger partial charge in [0.2, 0.25) is 0 Å². The highest BCUT2D eigenvalue weighted by Crippen LogP contribution is 2.20. The molecule has 0 radical (unpaired) electrons. The van der Waals surface area contributed by atoms with Crippen LogP contribution < -0.4 is 9.62 Å². The largest absolute Gasteiger partial charge is 0.363 e. The van der Waals surface area contributed by atoms with Crippen molar-refractivity contribution >= 4 is 33.1 Å². The summed E-state index contributed by atoms with van der Waals surface area (Å²) in [6.45, 7) is 0. The minimum Gasteiger partial charge on any atom is -0.363 e. The third kappa shape index (κ3) is 3.40. The first-order valence-electron chi connectivity index (χ1n) is 5.80. The van der Waals surface area contributed by atoms with Gasteiger partial charge in [-0.3, -0.25) is 4.72 Å². The summed E-state index contributed by atoms with van der Waals surface area (Å²) in [6, 6.07) is 9.35. The maximum absolute atomic E-state index is 12.2. The number of hydrogen-bond acceptors (Lipinski definition) is 4. The average molecular weight is 312 g/mol. The van der Waals surface area contributed by atoms with E-state index >= 15 is 0 Å². The van der Waals surface area contributed by atoms with E-state index in [0.29, 0.717) is 16.5 Å². The number of nitrogens with one attached hydrogen (secondary N) is 1. The molecular weight excluding hydrogens is 298 g/mol. The van der Waals surface area contributed by atoms with Gasteiger partial charge in [0.1, 0.15) is 5.82 Å². The van der Waals surface area contributed by atoms with Gasteiger partial charge in [0, 0.05) is 31.4 Å². The van der Waals surface area contributed by atoms with E-state index in [9.17, 15) is 8.42 Å². The number of aromatic nitrogens is 1. The third-order valence-electron chi connectivity index (χ3n) is 2.56. The highest BCUT2D eigenvalue weighted by Gasteiger charge is 2.14. The van der Waals surface area contributed by atoms with Gasteiger partial charge in [0.25, 0.3) is 10.0 Å². The molecule has 0 bridgehead atoms. The standard InChI is InChI=1S/C13H14ClN3O2S/c1-17(2)13-9-11(6-7-15-13)16-20(18,19)12-5-3-4-10(14)8-12/h3-9H,1-2H3,(H,15,16). The smallest absolute Gasteiger partial charge is 0.261 e. The summed E-state index contributed by atoms with van der Waals surface area (Å²) in [5.74, 6) is 0.663. The molecule has 0 amide bonds. The summed E-state index contributed by atoms with van der Waals surface area (Å²) < 4.78 is 27.0. The molecule has 1 aromatic heterocycles. The van der Waals surface area contributed by atoms with E-state index in [1.54, 1.807) is 35.4 Å². The van der Waals surface area contributed by atoms with Gasteiger partial charge in [0.15, 0.2) is 0 Å². The van der Waals surface area contributed by atoms with E-state index < -0.39 is 10.0 Å². The molecule has 1 N–H and O–H groups in total. The molecule has 1 aromatic carbocycles. The molecule has 0 fully saturated rings. The summed E-state index contributed by atoms with van der Waals surface area (Å²) in [5.41, 5.74) is 0.448. The molecule has 0 atom stereocenters. The predicted octanol–water partition coefficient (Wildman–Crippen LogP) is 2.60. The van der Waals surface area contributed by atoms with Crippen LogP contribution in [0.3, 0.4) is 0 Å². The van der Waals surface area contributed by atoms with Crippen molar-refractivity contribution in [3.63, 3.8) is 0 Å². The lowest BCUT2D eigenvalue weighted by Crippen LogP contribution is -2.15. The van der Waals surface area contributed by atoms with Crippen molar-refractivity contribution in [2.75, 3.05) is 23.7 Å². The fourth-order valence-electron chi connectivity index (χ4n) is 1.57. The Hall–Kier alpha value is -1.79. The van der Waals surface area contributed by atoms with Crippen LogP contribution in [0.25, 0.3) is 0 Å². The van der Waals surface area contributed by atoms with Crippen molar-refractivity contribution in [2.24, 2.45) is 0 Å². The Bertz CT molecular complexity index is 717. The number of anilines is 2. The number of halogens is 1. The van der Waals surface area contributed by atoms with Crippen LogP contribution in [0.2, 0.25) is 5.02 Å². The van der Waals surface area contributed by atoms with Crippen molar-refractivity contribution in [2.45, 2.75) is 4.90 Å². The zero-order chi connectivity index (χ0) is 14.8. The van der Waals surface area contributed by atoms with E-state index in [1.165, 1.54) is 12.1 Å². The van der Waals surface area contributed by atoms with Crippen LogP contribution in [0.4, 0.5) is 11.5 Å². The lowest BCUT2D eigenvalue weighted by atomic mass is 10.4. The Morgan fingerprint density at radius 1 is 1.20 bits per heavy atom. The lowest BCUT2D eigenvalue weighted by molar-refractivity contribution is 0.601. The van der Waals surface area contributed by atoms with Crippen LogP contribution in [0.1, 0.15) is 0 Å². The number of nitrogens with zero attached hydrogens (tertiary/aromatic N) is 2. The molecule has 0 aliphatic heterocycles. The Morgan fingerprint density at radius 3 is 2.60 bits per heavy atom. The van der Waals surface area contributed by atoms with Crippen LogP contribution in [0, 0.1) is 0 Å². The van der Waals surface area contributed by atoms with Gasteiger partial charge in [-0.25, -0.2) is 13.4 Å². The summed E-state index contributed by atoms with van der Waals surface area (Å²) in [7, 11) is 0.00284. The van der Waals surface area contributed by atoms with E-state index in [1.807, 2.05) is 14.1 Å². The zero-order valence-corrected chi connectivity index (χ0v) is 12.6. The van der Waals surface area contributed by atoms with Gasteiger partial charge >= 0.3 is 0 Å². The second-order valence-electron chi connectivity index (χ2n) is 4.36. The zero-order valence-electron chi connectivity index (χ0n) is 11.0. The fourth-order valence-corrected chi connectivity index (χ4v) is 2.92. The summed E-state index contributed by atoms with van der Waals surface area (Å²) in [6.07, 6.45) is 1.55. The van der Waals surface area contributed by atoms with Gasteiger partial charge in [-0.1, -0.05) is 17.7 Å². The van der Waals surface area contributed by atoms with Crippen LogP contribution in [0.15, 0.2) is 47.5 Å². The monoisotopic (exact) mass is 311 g/mol. The summed E-state index contributed by atoms with van der Waals surface area (Å²) in [4.78, 5) is 6.03. The predicted molar refractivity (Wildman–Crippen MR) is 80.8 cm³/mol. The van der Waals surface area contributed by atoms with Gasteiger partial charge in [-0.2, -0.15) is 0 Å². The Morgan fingerprint density at radius 2 is 1.95 bits per heavy atom. The van der Waals surface area contributed by atoms with Crippen LogP contribution in [-0.4, -0.2) is 27.5 Å². The number of sulfonamides is 1. The van der Waals surface area contributed by atoms with Crippen molar-refractivity contribution in [1.82, 2.24) is 4.98 Å². The SMILES string of the molecule is CN(C)c1cc(NS(=O)(=O)c2cccc(Cl)c2)ccn1. The Balaban J connectivity index is 2.31. The molecule has 20 heavy (non-hydrogen) atoms.